The molecule has 0 saturated carbocycles. The van der Waals surface area contributed by atoms with Crippen LogP contribution in [0.5, 0.6) is 0 Å². The predicted molar refractivity (Wildman–Crippen MR) is 57.3 cm³/mol. The number of carboxylic acid groups (broad SMARTS) is 1. The highest BCUT2D eigenvalue weighted by Gasteiger charge is 2.24. The van der Waals surface area contributed by atoms with Gasteiger partial charge in [-0.2, -0.15) is 0 Å². The highest BCUT2D eigenvalue weighted by atomic mass is 16.4. The number of rotatable bonds is 6. The minimum absolute atomic E-state index is 0.140. The molecule has 0 aliphatic heterocycles. The van der Waals surface area contributed by atoms with Crippen LogP contribution in [0.3, 0.4) is 0 Å². The summed E-state index contributed by atoms with van der Waals surface area (Å²) in [7, 11) is 1.51. The van der Waals surface area contributed by atoms with Gasteiger partial charge in [0.1, 0.15) is 6.04 Å². The van der Waals surface area contributed by atoms with E-state index in [1.807, 2.05) is 0 Å². The van der Waals surface area contributed by atoms with Crippen molar-refractivity contribution in [2.45, 2.75) is 32.7 Å². The molecule has 0 aromatic carbocycles. The van der Waals surface area contributed by atoms with Crippen LogP contribution >= 0.6 is 0 Å². The maximum Gasteiger partial charge on any atom is 0.326 e. The summed E-state index contributed by atoms with van der Waals surface area (Å²) in [6, 6.07) is -0.780. The highest BCUT2D eigenvalue weighted by molar-refractivity contribution is 5.84. The van der Waals surface area contributed by atoms with Crippen molar-refractivity contribution in [1.82, 2.24) is 4.90 Å². The van der Waals surface area contributed by atoms with Crippen molar-refractivity contribution in [3.8, 4) is 0 Å². The van der Waals surface area contributed by atoms with E-state index in [1.165, 1.54) is 18.9 Å². The molecule has 88 valence electrons. The lowest BCUT2D eigenvalue weighted by molar-refractivity contribution is -0.149. The first-order valence-corrected chi connectivity index (χ1v) is 5.11. The lowest BCUT2D eigenvalue weighted by Gasteiger charge is -2.24. The van der Waals surface area contributed by atoms with Crippen molar-refractivity contribution in [2.75, 3.05) is 13.6 Å². The van der Waals surface area contributed by atoms with Gasteiger partial charge in [0.15, 0.2) is 0 Å². The fraction of sp³-hybridized carbons (Fsp3) is 0.800. The Morgan fingerprint density at radius 3 is 2.33 bits per heavy atom. The Kier molecular flexibility index (Phi) is 5.93. The molecule has 5 nitrogen and oxygen atoms in total. The second-order valence-corrected chi connectivity index (χ2v) is 3.80. The normalized spacial score (nSPS) is 14.4. The van der Waals surface area contributed by atoms with Gasteiger partial charge >= 0.3 is 5.97 Å². The van der Waals surface area contributed by atoms with E-state index in [0.29, 0.717) is 13.0 Å². The Labute approximate surface area is 90.2 Å². The molecule has 0 aliphatic carbocycles. The number of carbonyl (C=O) groups is 2. The quantitative estimate of drug-likeness (QED) is 0.668. The second-order valence-electron chi connectivity index (χ2n) is 3.80. The molecule has 0 radical (unpaired) electrons. The second kappa shape index (κ2) is 6.40. The minimum Gasteiger partial charge on any atom is -0.480 e. The molecular formula is C10H20N2O3. The van der Waals surface area contributed by atoms with Crippen LogP contribution in [0.1, 0.15) is 26.7 Å². The van der Waals surface area contributed by atoms with Gasteiger partial charge in [0.2, 0.25) is 5.91 Å². The van der Waals surface area contributed by atoms with E-state index < -0.39 is 12.0 Å². The molecule has 0 rings (SSSR count). The van der Waals surface area contributed by atoms with E-state index in [1.54, 1.807) is 6.92 Å². The molecule has 0 aromatic rings. The van der Waals surface area contributed by atoms with E-state index in [2.05, 4.69) is 0 Å². The third-order valence-corrected chi connectivity index (χ3v) is 2.55. The number of hydrogen-bond donors (Lipinski definition) is 2. The standard InChI is InChI=1S/C10H20N2O3/c1-7(5-4-6-11)9(13)12(3)8(2)10(14)15/h7-8H,4-6,11H2,1-3H3,(H,14,15). The lowest BCUT2D eigenvalue weighted by Crippen LogP contribution is -2.42. The fourth-order valence-electron chi connectivity index (χ4n) is 1.25. The largest absolute Gasteiger partial charge is 0.480 e. The molecule has 0 spiro atoms. The molecular weight excluding hydrogens is 196 g/mol. The number of nitrogens with zero attached hydrogens (tertiary/aromatic N) is 1. The predicted octanol–water partition coefficient (Wildman–Crippen LogP) is 0.293. The van der Waals surface area contributed by atoms with E-state index in [4.69, 9.17) is 10.8 Å². The number of amides is 1. The van der Waals surface area contributed by atoms with Gasteiger partial charge in [0, 0.05) is 13.0 Å². The fourth-order valence-corrected chi connectivity index (χ4v) is 1.25. The Morgan fingerprint density at radius 1 is 1.40 bits per heavy atom. The average Bonchev–Trinajstić information content (AvgIpc) is 2.22. The third kappa shape index (κ3) is 4.29. The molecule has 0 saturated heterocycles. The van der Waals surface area contributed by atoms with Crippen LogP contribution in [0, 0.1) is 5.92 Å². The van der Waals surface area contributed by atoms with Gasteiger partial charge in [-0.1, -0.05) is 6.92 Å². The van der Waals surface area contributed by atoms with Gasteiger partial charge in [-0.25, -0.2) is 4.79 Å². The smallest absolute Gasteiger partial charge is 0.326 e. The van der Waals surface area contributed by atoms with Crippen LogP contribution in [-0.4, -0.2) is 41.5 Å². The van der Waals surface area contributed by atoms with Crippen LogP contribution in [0.4, 0.5) is 0 Å². The Bertz CT molecular complexity index is 231. The van der Waals surface area contributed by atoms with Crippen LogP contribution in [0.15, 0.2) is 0 Å². The van der Waals surface area contributed by atoms with E-state index in [0.717, 1.165) is 6.42 Å². The van der Waals surface area contributed by atoms with E-state index in [-0.39, 0.29) is 11.8 Å². The summed E-state index contributed by atoms with van der Waals surface area (Å²) in [5, 5.41) is 8.75. The first-order valence-electron chi connectivity index (χ1n) is 5.11. The summed E-state index contributed by atoms with van der Waals surface area (Å²) in [5.41, 5.74) is 5.34. The molecule has 0 aliphatic rings. The molecule has 2 atom stereocenters. The summed E-state index contributed by atoms with van der Waals surface area (Å²) in [6.45, 7) is 3.84. The molecule has 0 fully saturated rings. The zero-order valence-electron chi connectivity index (χ0n) is 9.56. The number of carbonyl (C=O) groups excluding carboxylic acids is 1. The van der Waals surface area contributed by atoms with Gasteiger partial charge in [-0.3, -0.25) is 4.79 Å². The van der Waals surface area contributed by atoms with Gasteiger partial charge in [-0.15, -0.1) is 0 Å². The molecule has 15 heavy (non-hydrogen) atoms. The van der Waals surface area contributed by atoms with Crippen LogP contribution < -0.4 is 5.73 Å². The summed E-state index contributed by atoms with van der Waals surface area (Å²) in [6.07, 6.45) is 1.48. The maximum atomic E-state index is 11.7. The monoisotopic (exact) mass is 216 g/mol. The Balaban J connectivity index is 4.24. The average molecular weight is 216 g/mol. The van der Waals surface area contributed by atoms with Crippen molar-refractivity contribution >= 4 is 11.9 Å². The minimum atomic E-state index is -0.989. The zero-order valence-corrected chi connectivity index (χ0v) is 9.56. The van der Waals surface area contributed by atoms with E-state index >= 15 is 0 Å². The number of nitrogens with two attached hydrogens (primary N) is 1. The van der Waals surface area contributed by atoms with Gasteiger partial charge in [0.05, 0.1) is 0 Å². The molecule has 3 N–H and O–H groups in total. The van der Waals surface area contributed by atoms with Crippen molar-refractivity contribution < 1.29 is 14.7 Å². The molecule has 2 unspecified atom stereocenters. The summed E-state index contributed by atoms with van der Waals surface area (Å²) in [4.78, 5) is 23.7. The molecule has 0 bridgehead atoms. The Morgan fingerprint density at radius 2 is 1.93 bits per heavy atom. The van der Waals surface area contributed by atoms with Crippen LogP contribution in [0.25, 0.3) is 0 Å². The third-order valence-electron chi connectivity index (χ3n) is 2.55. The Hall–Kier alpha value is -1.10. The van der Waals surface area contributed by atoms with E-state index in [9.17, 15) is 9.59 Å². The lowest BCUT2D eigenvalue weighted by atomic mass is 10.0. The maximum absolute atomic E-state index is 11.7. The number of hydrogen-bond acceptors (Lipinski definition) is 3. The topological polar surface area (TPSA) is 83.6 Å². The number of aliphatic carboxylic acids is 1. The van der Waals surface area contributed by atoms with Gasteiger partial charge < -0.3 is 15.7 Å². The summed E-state index contributed by atoms with van der Waals surface area (Å²) >= 11 is 0. The van der Waals surface area contributed by atoms with Crippen molar-refractivity contribution in [2.24, 2.45) is 11.7 Å². The first kappa shape index (κ1) is 13.9. The summed E-state index contributed by atoms with van der Waals surface area (Å²) < 4.78 is 0. The molecule has 5 heteroatoms. The molecule has 0 heterocycles. The highest BCUT2D eigenvalue weighted by Crippen LogP contribution is 2.10. The van der Waals surface area contributed by atoms with Crippen LogP contribution in [0.2, 0.25) is 0 Å². The van der Waals surface area contributed by atoms with Gasteiger partial charge in [0.25, 0.3) is 0 Å². The van der Waals surface area contributed by atoms with Crippen molar-refractivity contribution in [3.05, 3.63) is 0 Å². The first-order chi connectivity index (χ1) is 6.91. The number of likely N-dealkylation sites (N-methyl/N-ethyl adjacent to an activating group) is 1. The zero-order chi connectivity index (χ0) is 12.0. The molecule has 0 aromatic heterocycles. The summed E-state index contributed by atoms with van der Waals surface area (Å²) in [5.74, 6) is -1.30. The SMILES string of the molecule is CC(CCCN)C(=O)N(C)C(C)C(=O)O. The van der Waals surface area contributed by atoms with Gasteiger partial charge in [-0.05, 0) is 26.3 Å². The van der Waals surface area contributed by atoms with Crippen LogP contribution in [-0.2, 0) is 9.59 Å². The molecule has 1 amide bonds. The van der Waals surface area contributed by atoms with Crippen molar-refractivity contribution in [1.29, 1.82) is 0 Å². The number of carboxylic acids is 1. The van der Waals surface area contributed by atoms with Crippen molar-refractivity contribution in [3.63, 3.8) is 0 Å².